The molecule has 2 aliphatic rings. The third kappa shape index (κ3) is 9.71. The zero-order valence-corrected chi connectivity index (χ0v) is 41.3. The zero-order valence-electron chi connectivity index (χ0n) is 44.1. The lowest BCUT2D eigenvalue weighted by Gasteiger charge is -2.33. The highest BCUT2D eigenvalue weighted by Gasteiger charge is 2.31. The lowest BCUT2D eigenvalue weighted by molar-refractivity contribution is 0.0922. The Balaban J connectivity index is 0.000000182. The fourth-order valence-corrected chi connectivity index (χ4v) is 12.1. The lowest BCUT2D eigenvalue weighted by Crippen LogP contribution is -2.45. The van der Waals surface area contributed by atoms with Crippen LogP contribution in [0.3, 0.4) is 0 Å². The summed E-state index contributed by atoms with van der Waals surface area (Å²) in [6, 6.07) is 23.4. The summed E-state index contributed by atoms with van der Waals surface area (Å²) in [5.74, 6) is 0.0941. The van der Waals surface area contributed by atoms with Gasteiger partial charge in [-0.25, -0.2) is 44.7 Å². The first-order chi connectivity index (χ1) is 37.5. The van der Waals surface area contributed by atoms with Gasteiger partial charge in [-0.15, -0.1) is 0 Å². The van der Waals surface area contributed by atoms with Crippen LogP contribution < -0.4 is 20.4 Å². The quantitative estimate of drug-likeness (QED) is 0.126. The van der Waals surface area contributed by atoms with E-state index >= 15 is 0 Å². The SMILES string of the molecule is O=C(NC1CCN(c2ncnc3c2c(Br)cn3S(=O)(=O)c2ccccc2)CC1)c1ccccc1.[2H]c1c([2H])c([2H])c(C(=O)N([2H])C2CCN(c3ncnc4c3c(-c3ccoc3)cn4S(=O)(=O)c3ccccc3)CC2)c([2H])c1[2H]. The summed E-state index contributed by atoms with van der Waals surface area (Å²) < 4.78 is 110. The van der Waals surface area contributed by atoms with Crippen molar-refractivity contribution >= 4 is 81.5 Å². The Morgan fingerprint density at radius 1 is 0.625 bits per heavy atom. The van der Waals surface area contributed by atoms with E-state index in [0.29, 0.717) is 93.5 Å². The van der Waals surface area contributed by atoms with Gasteiger partial charge >= 0.3 is 0 Å². The predicted molar refractivity (Wildman–Crippen MR) is 277 cm³/mol. The number of nitrogens with zero attached hydrogens (tertiary/aromatic N) is 8. The van der Waals surface area contributed by atoms with Crippen LogP contribution in [0.25, 0.3) is 33.2 Å². The predicted octanol–water partition coefficient (Wildman–Crippen LogP) is 8.16. The highest BCUT2D eigenvalue weighted by Crippen LogP contribution is 2.39. The number of piperidine rings is 2. The van der Waals surface area contributed by atoms with Gasteiger partial charge in [0.25, 0.3) is 31.9 Å². The molecule has 0 unspecified atom stereocenters. The maximum absolute atomic E-state index is 13.7. The van der Waals surface area contributed by atoms with Gasteiger partial charge in [-0.2, -0.15) is 0 Å². The molecule has 0 bridgehead atoms. The van der Waals surface area contributed by atoms with Crippen molar-refractivity contribution in [1.82, 2.24) is 38.5 Å². The fourth-order valence-electron chi connectivity index (χ4n) is 8.78. The second kappa shape index (κ2) is 20.6. The van der Waals surface area contributed by atoms with Crippen molar-refractivity contribution in [2.24, 2.45) is 0 Å². The fraction of sp³-hybridized carbons (Fsp3) is 0.192. The van der Waals surface area contributed by atoms with Crippen molar-refractivity contribution in [3.63, 3.8) is 0 Å². The number of anilines is 2. The second-order valence-corrected chi connectivity index (χ2v) is 21.3. The van der Waals surface area contributed by atoms with Gasteiger partial charge in [0, 0.05) is 77.4 Å². The van der Waals surface area contributed by atoms with E-state index < -0.39 is 67.8 Å². The Labute approximate surface area is 432 Å². The van der Waals surface area contributed by atoms with Crippen molar-refractivity contribution in [3.05, 3.63) is 180 Å². The van der Waals surface area contributed by atoms with E-state index in [1.165, 1.54) is 53.7 Å². The van der Waals surface area contributed by atoms with Crippen LogP contribution in [0, 0.1) is 0 Å². The Kier molecular flexibility index (Phi) is 11.7. The number of hydrogen-bond donors (Lipinski definition) is 2. The average molecular weight is 1070 g/mol. The Bertz CT molecular complexity index is 3910. The molecule has 0 saturated carbocycles. The van der Waals surface area contributed by atoms with Gasteiger partial charge in [0.2, 0.25) is 0 Å². The number of furan rings is 1. The van der Waals surface area contributed by atoms with Crippen LogP contribution in [0.1, 0.15) is 53.3 Å². The maximum atomic E-state index is 13.7. The van der Waals surface area contributed by atoms with E-state index in [9.17, 15) is 26.4 Å². The first-order valence-corrected chi connectivity index (χ1v) is 26.4. The smallest absolute Gasteiger partial charge is 0.269 e. The van der Waals surface area contributed by atoms with Gasteiger partial charge < -0.3 is 24.8 Å². The molecule has 17 nitrogen and oxygen atoms in total. The van der Waals surface area contributed by atoms with Crippen molar-refractivity contribution in [3.8, 4) is 11.1 Å². The normalized spacial score (nSPS) is 15.9. The van der Waals surface area contributed by atoms with Crippen LogP contribution in [0.5, 0.6) is 0 Å². The van der Waals surface area contributed by atoms with E-state index in [1.807, 2.05) is 23.1 Å². The number of aromatic nitrogens is 6. The molecule has 11 rings (SSSR count). The molecule has 4 aromatic carbocycles. The summed E-state index contributed by atoms with van der Waals surface area (Å²) in [5.41, 5.74) is 1.77. The zero-order chi connectivity index (χ0) is 55.0. The Morgan fingerprint density at radius 3 is 1.69 bits per heavy atom. The summed E-state index contributed by atoms with van der Waals surface area (Å²) in [4.78, 5) is 47.6. The van der Waals surface area contributed by atoms with E-state index in [-0.39, 0.29) is 27.4 Å². The molecule has 2 N–H and O–H groups in total. The molecule has 366 valence electrons. The Hall–Kier alpha value is -7.68. The standard InChI is InChI=1S/C28H25N5O4S.C24H22BrN5O3S/c34-28(20-7-3-1-4-8-20)31-22-11-14-32(15-12-22)26-25-24(21-13-16-37-18-21)17-33(27(25)30-19-29-26)38(35,36)23-9-5-2-6-10-23;25-20-15-30(34(32,33)19-9-5-2-6-10-19)23-21(20)22(26-16-27-23)29-13-11-18(12-14-29)28-24(31)17-7-3-1-4-8-17/h1-10,13,16-19,22H,11-12,14-15H2,(H,31,34);1-10,15-16,18H,11-14H2,(H,28,31)/i1D,3D,4D,7D,8D;/hD. The number of halogens is 1. The van der Waals surface area contributed by atoms with E-state index in [0.717, 1.165) is 16.8 Å². The number of rotatable bonds is 11. The summed E-state index contributed by atoms with van der Waals surface area (Å²) in [6.07, 6.45) is 10.8. The number of carbonyl (C=O) groups is 2. The molecule has 20 heteroatoms. The molecule has 0 spiro atoms. The molecule has 0 atom stereocenters. The molecule has 2 amide bonds. The molecule has 0 radical (unpaired) electrons. The third-order valence-corrected chi connectivity index (χ3v) is 16.3. The first kappa shape index (κ1) is 41.0. The van der Waals surface area contributed by atoms with E-state index in [4.69, 9.17) is 12.7 Å². The van der Waals surface area contributed by atoms with Gasteiger partial charge in [0.1, 0.15) is 24.3 Å². The average Bonchev–Trinajstić information content (AvgIpc) is 4.38. The number of benzene rings is 4. The first-order valence-electron chi connectivity index (χ1n) is 25.7. The number of hydrogen-bond acceptors (Lipinski definition) is 13. The molecule has 72 heavy (non-hydrogen) atoms. The topological polar surface area (TPSA) is 208 Å². The largest absolute Gasteiger partial charge is 0.472 e. The molecule has 2 saturated heterocycles. The summed E-state index contributed by atoms with van der Waals surface area (Å²) in [5, 5.41) is 4.93. The monoisotopic (exact) mass is 1070 g/mol. The van der Waals surface area contributed by atoms with Crippen LogP contribution in [0.15, 0.2) is 184 Å². The van der Waals surface area contributed by atoms with Crippen LogP contribution in [0.4, 0.5) is 11.6 Å². The molecule has 2 fully saturated rings. The second-order valence-electron chi connectivity index (χ2n) is 16.8. The van der Waals surface area contributed by atoms with Gasteiger partial charge in [0.05, 0.1) is 39.9 Å². The molecule has 9 aromatic rings. The minimum atomic E-state index is -4.02. The van der Waals surface area contributed by atoms with Crippen LogP contribution in [-0.2, 0) is 20.0 Å². The van der Waals surface area contributed by atoms with E-state index in [2.05, 4.69) is 46.1 Å². The van der Waals surface area contributed by atoms with Crippen molar-refractivity contribution < 1.29 is 39.1 Å². The maximum Gasteiger partial charge on any atom is 0.269 e. The van der Waals surface area contributed by atoms with Crippen LogP contribution in [0.2, 0.25) is 1.41 Å². The molecule has 7 heterocycles. The minimum absolute atomic E-state index is 0.0628. The summed E-state index contributed by atoms with van der Waals surface area (Å²) >= 11 is 3.52. The van der Waals surface area contributed by atoms with E-state index in [1.54, 1.807) is 66.7 Å². The molecule has 2 aliphatic heterocycles. The van der Waals surface area contributed by atoms with Gasteiger partial charge in [0.15, 0.2) is 12.7 Å². The van der Waals surface area contributed by atoms with Gasteiger partial charge in [-0.3, -0.25) is 9.59 Å². The molecule has 5 aromatic heterocycles. The van der Waals surface area contributed by atoms with Crippen molar-refractivity contribution in [2.75, 3.05) is 36.0 Å². The molecular weight excluding hydrogens is 1020 g/mol. The van der Waals surface area contributed by atoms with Gasteiger partial charge in [-0.1, -0.05) is 72.7 Å². The third-order valence-electron chi connectivity index (χ3n) is 12.4. The number of carbonyl (C=O) groups excluding carboxylic acids is 2. The highest BCUT2D eigenvalue weighted by atomic mass is 79.9. The van der Waals surface area contributed by atoms with Gasteiger partial charge in [-0.05, 0) is 96.2 Å². The van der Waals surface area contributed by atoms with Crippen molar-refractivity contribution in [2.45, 2.75) is 47.6 Å². The number of nitrogens with one attached hydrogen (secondary N) is 2. The molecular formula is C52H47BrN10O7S2. The number of amides is 2. The number of fused-ring (bicyclic) bond motifs is 2. The highest BCUT2D eigenvalue weighted by molar-refractivity contribution is 9.10. The summed E-state index contributed by atoms with van der Waals surface area (Å²) in [6.45, 7) is 2.02. The van der Waals surface area contributed by atoms with Crippen LogP contribution >= 0.6 is 15.9 Å². The minimum Gasteiger partial charge on any atom is -0.472 e. The van der Waals surface area contributed by atoms with Crippen molar-refractivity contribution in [1.29, 1.82) is 0 Å². The van der Waals surface area contributed by atoms with Crippen LogP contribution in [-0.4, -0.2) is 94.8 Å². The summed E-state index contributed by atoms with van der Waals surface area (Å²) in [7, 11) is -7.83. The lowest BCUT2D eigenvalue weighted by atomic mass is 10.0. The Morgan fingerprint density at radius 2 is 1.14 bits per heavy atom. The molecule has 0 aliphatic carbocycles.